The third kappa shape index (κ3) is 3.70. The fraction of sp³-hybridized carbons (Fsp3) is 0.429. The minimum absolute atomic E-state index is 0.0214. The summed E-state index contributed by atoms with van der Waals surface area (Å²) in [5, 5.41) is 8.00. The molecule has 3 aromatic rings. The lowest BCUT2D eigenvalue weighted by Crippen LogP contribution is -2.31. The number of rotatable bonds is 3. The Labute approximate surface area is 175 Å². The van der Waals surface area contributed by atoms with Gasteiger partial charge in [0.05, 0.1) is 0 Å². The predicted octanol–water partition coefficient (Wildman–Crippen LogP) is 3.60. The summed E-state index contributed by atoms with van der Waals surface area (Å²) < 4.78 is 44.1. The van der Waals surface area contributed by atoms with E-state index in [4.69, 9.17) is 0 Å². The fourth-order valence-electron chi connectivity index (χ4n) is 4.92. The predicted molar refractivity (Wildman–Crippen MR) is 104 cm³/mol. The Morgan fingerprint density at radius 3 is 2.52 bits per heavy atom. The Kier molecular flexibility index (Phi) is 4.60. The van der Waals surface area contributed by atoms with Gasteiger partial charge in [-0.15, -0.1) is 23.4 Å². The molecule has 2 aromatic heterocycles. The van der Waals surface area contributed by atoms with Gasteiger partial charge in [-0.2, -0.15) is 0 Å². The molecular weight excluding hydrogens is 411 g/mol. The molecule has 2 fully saturated rings. The second-order valence-corrected chi connectivity index (χ2v) is 8.25. The van der Waals surface area contributed by atoms with Gasteiger partial charge in [0.15, 0.2) is 0 Å². The summed E-state index contributed by atoms with van der Waals surface area (Å²) in [5.41, 5.74) is 1.37. The number of likely N-dealkylation sites (tertiary alicyclic amines) is 1. The van der Waals surface area contributed by atoms with Crippen LogP contribution >= 0.6 is 0 Å². The monoisotopic (exact) mass is 431 g/mol. The van der Waals surface area contributed by atoms with E-state index in [0.717, 1.165) is 5.69 Å². The molecule has 3 heterocycles. The molecule has 3 atom stereocenters. The topological polar surface area (TPSA) is 72.6 Å². The van der Waals surface area contributed by atoms with Crippen molar-refractivity contribution in [1.29, 1.82) is 0 Å². The summed E-state index contributed by atoms with van der Waals surface area (Å²) in [7, 11) is 0. The van der Waals surface area contributed by atoms with Crippen molar-refractivity contribution in [2.24, 2.45) is 11.8 Å². The van der Waals surface area contributed by atoms with Crippen LogP contribution in [-0.2, 0) is 0 Å². The number of fused-ring (bicyclic) bond motifs is 2. The zero-order valence-electron chi connectivity index (χ0n) is 16.7. The molecule has 1 aliphatic carbocycles. The van der Waals surface area contributed by atoms with Crippen molar-refractivity contribution in [3.05, 3.63) is 53.6 Å². The number of nitrogens with zero attached hydrogens (tertiary/aromatic N) is 5. The first-order valence-electron chi connectivity index (χ1n) is 10.1. The van der Waals surface area contributed by atoms with Gasteiger partial charge < -0.3 is 9.64 Å². The molecule has 31 heavy (non-hydrogen) atoms. The zero-order chi connectivity index (χ0) is 21.8. The van der Waals surface area contributed by atoms with E-state index < -0.39 is 6.36 Å². The van der Waals surface area contributed by atoms with Gasteiger partial charge in [0, 0.05) is 25.0 Å². The molecule has 0 bridgehead atoms. The standard InChI is InChI=1S/C21H20F3N5O2/c1-12-6-7-29-18(26-27-20(29)25-12)19(30)28-10-14-8-13(9-15(14)11-28)16-4-2-3-5-17(16)31-21(22,23)24/h2-7,13-15H,8-11H2,1H3/t13?,14-,15+. The number of hydrogen-bond donors (Lipinski definition) is 0. The number of ether oxygens (including phenoxy) is 1. The van der Waals surface area contributed by atoms with Gasteiger partial charge in [-0.05, 0) is 55.2 Å². The molecule has 0 N–H and O–H groups in total. The minimum Gasteiger partial charge on any atom is -0.405 e. The number of halogens is 3. The zero-order valence-corrected chi connectivity index (χ0v) is 16.7. The highest BCUT2D eigenvalue weighted by molar-refractivity contribution is 5.91. The van der Waals surface area contributed by atoms with Crippen LogP contribution in [-0.4, -0.2) is 49.8 Å². The van der Waals surface area contributed by atoms with Crippen molar-refractivity contribution >= 4 is 11.7 Å². The largest absolute Gasteiger partial charge is 0.573 e. The van der Waals surface area contributed by atoms with Crippen LogP contribution in [0.25, 0.3) is 5.78 Å². The van der Waals surface area contributed by atoms with Gasteiger partial charge >= 0.3 is 6.36 Å². The van der Waals surface area contributed by atoms with Crippen molar-refractivity contribution < 1.29 is 22.7 Å². The minimum atomic E-state index is -4.72. The normalized spacial score (nSPS) is 23.4. The Balaban J connectivity index is 1.30. The van der Waals surface area contributed by atoms with E-state index in [1.165, 1.54) is 6.07 Å². The van der Waals surface area contributed by atoms with Crippen LogP contribution in [0.5, 0.6) is 5.75 Å². The molecule has 1 aliphatic heterocycles. The number of aromatic nitrogens is 4. The highest BCUT2D eigenvalue weighted by atomic mass is 19.4. The molecule has 1 saturated heterocycles. The number of aryl methyl sites for hydroxylation is 1. The molecule has 1 saturated carbocycles. The maximum atomic E-state index is 13.0. The van der Waals surface area contributed by atoms with E-state index in [2.05, 4.69) is 19.9 Å². The molecule has 1 aromatic carbocycles. The van der Waals surface area contributed by atoms with Crippen LogP contribution in [0.4, 0.5) is 13.2 Å². The molecule has 162 valence electrons. The van der Waals surface area contributed by atoms with E-state index in [-0.39, 0.29) is 35.2 Å². The van der Waals surface area contributed by atoms with E-state index in [1.807, 2.05) is 6.92 Å². The highest BCUT2D eigenvalue weighted by Crippen LogP contribution is 2.48. The maximum absolute atomic E-state index is 13.0. The average molecular weight is 431 g/mol. The Bertz CT molecular complexity index is 1130. The summed E-state index contributed by atoms with van der Waals surface area (Å²) in [4.78, 5) is 19.1. The van der Waals surface area contributed by atoms with Gasteiger partial charge in [-0.25, -0.2) is 4.98 Å². The van der Waals surface area contributed by atoms with Gasteiger partial charge in [-0.3, -0.25) is 9.20 Å². The van der Waals surface area contributed by atoms with Crippen LogP contribution in [0.15, 0.2) is 36.5 Å². The van der Waals surface area contributed by atoms with E-state index in [1.54, 1.807) is 39.8 Å². The summed E-state index contributed by atoms with van der Waals surface area (Å²) >= 11 is 0. The first-order valence-corrected chi connectivity index (χ1v) is 10.1. The molecule has 1 unspecified atom stereocenters. The second-order valence-electron chi connectivity index (χ2n) is 8.25. The van der Waals surface area contributed by atoms with Crippen LogP contribution in [0.2, 0.25) is 0 Å². The van der Waals surface area contributed by atoms with Gasteiger partial charge in [0.2, 0.25) is 5.82 Å². The van der Waals surface area contributed by atoms with E-state index in [9.17, 15) is 18.0 Å². The molecule has 5 rings (SSSR count). The van der Waals surface area contributed by atoms with Crippen molar-refractivity contribution in [3.8, 4) is 5.75 Å². The lowest BCUT2D eigenvalue weighted by atomic mass is 9.95. The average Bonchev–Trinajstić information content (AvgIpc) is 3.39. The summed E-state index contributed by atoms with van der Waals surface area (Å²) in [6.45, 7) is 2.94. The number of alkyl halides is 3. The van der Waals surface area contributed by atoms with E-state index >= 15 is 0 Å². The van der Waals surface area contributed by atoms with Crippen molar-refractivity contribution in [2.75, 3.05) is 13.1 Å². The summed E-state index contributed by atoms with van der Waals surface area (Å²) in [6, 6.07) is 8.12. The Hall–Kier alpha value is -3.17. The third-order valence-corrected chi connectivity index (χ3v) is 6.23. The quantitative estimate of drug-likeness (QED) is 0.634. The van der Waals surface area contributed by atoms with Gasteiger partial charge in [0.25, 0.3) is 11.7 Å². The number of hydrogen-bond acceptors (Lipinski definition) is 5. The number of carbonyl (C=O) groups excluding carboxylic acids is 1. The lowest BCUT2D eigenvalue weighted by molar-refractivity contribution is -0.275. The highest BCUT2D eigenvalue weighted by Gasteiger charge is 2.44. The van der Waals surface area contributed by atoms with Crippen molar-refractivity contribution in [2.45, 2.75) is 32.0 Å². The van der Waals surface area contributed by atoms with Crippen molar-refractivity contribution in [1.82, 2.24) is 24.5 Å². The van der Waals surface area contributed by atoms with Gasteiger partial charge in [-0.1, -0.05) is 18.2 Å². The molecular formula is C21H20F3N5O2. The smallest absolute Gasteiger partial charge is 0.405 e. The fourth-order valence-corrected chi connectivity index (χ4v) is 4.92. The first kappa shape index (κ1) is 19.8. The molecule has 2 aliphatic rings. The van der Waals surface area contributed by atoms with Crippen LogP contribution in [0.3, 0.4) is 0 Å². The van der Waals surface area contributed by atoms with E-state index in [0.29, 0.717) is 37.3 Å². The molecule has 0 spiro atoms. The number of para-hydroxylation sites is 1. The molecule has 0 radical (unpaired) electrons. The van der Waals surface area contributed by atoms with Crippen LogP contribution < -0.4 is 4.74 Å². The molecule has 1 amide bonds. The maximum Gasteiger partial charge on any atom is 0.573 e. The summed E-state index contributed by atoms with van der Waals surface area (Å²) in [6.07, 6.45) is -1.56. The second kappa shape index (κ2) is 7.21. The van der Waals surface area contributed by atoms with Crippen LogP contribution in [0.1, 0.15) is 40.6 Å². The first-order chi connectivity index (χ1) is 14.8. The molecule has 7 nitrogen and oxygen atoms in total. The SMILES string of the molecule is Cc1ccn2c(C(=O)N3C[C@H]4CC(c5ccccc5OC(F)(F)F)C[C@H]4C3)nnc2n1. The van der Waals surface area contributed by atoms with Crippen LogP contribution in [0, 0.1) is 18.8 Å². The van der Waals surface area contributed by atoms with Gasteiger partial charge in [0.1, 0.15) is 5.75 Å². The number of benzene rings is 1. The number of carbonyl (C=O) groups is 1. The Morgan fingerprint density at radius 1 is 1.10 bits per heavy atom. The van der Waals surface area contributed by atoms with Crippen molar-refractivity contribution in [3.63, 3.8) is 0 Å². The third-order valence-electron chi connectivity index (χ3n) is 6.23. The molecule has 10 heteroatoms. The number of amides is 1. The lowest BCUT2D eigenvalue weighted by Gasteiger charge is -2.20. The Morgan fingerprint density at radius 2 is 1.81 bits per heavy atom. The summed E-state index contributed by atoms with van der Waals surface area (Å²) in [5.74, 6) is 0.703.